The molecule has 1 heterocycles. The highest BCUT2D eigenvalue weighted by Crippen LogP contribution is 2.35. The summed E-state index contributed by atoms with van der Waals surface area (Å²) in [6, 6.07) is 5.20. The number of amides is 1. The van der Waals surface area contributed by atoms with E-state index in [9.17, 15) is 9.59 Å². The molecular weight excluding hydrogens is 282 g/mol. The fraction of sp³-hybridized carbons (Fsp3) is 0.529. The lowest BCUT2D eigenvalue weighted by Crippen LogP contribution is -2.36. The van der Waals surface area contributed by atoms with E-state index in [4.69, 9.17) is 9.47 Å². The maximum Gasteiger partial charge on any atom is 0.258 e. The Morgan fingerprint density at radius 1 is 1.45 bits per heavy atom. The summed E-state index contributed by atoms with van der Waals surface area (Å²) < 4.78 is 11.2. The Hall–Kier alpha value is -2.04. The summed E-state index contributed by atoms with van der Waals surface area (Å²) in [5.74, 6) is 0.920. The van der Waals surface area contributed by atoms with Gasteiger partial charge in [-0.15, -0.1) is 0 Å². The van der Waals surface area contributed by atoms with Crippen LogP contribution in [0.4, 0.5) is 0 Å². The van der Waals surface area contributed by atoms with Crippen molar-refractivity contribution in [3.63, 3.8) is 0 Å². The summed E-state index contributed by atoms with van der Waals surface area (Å²) in [5, 5.41) is 2.83. The van der Waals surface area contributed by atoms with Gasteiger partial charge < -0.3 is 14.8 Å². The van der Waals surface area contributed by atoms with Crippen LogP contribution in [-0.2, 0) is 4.79 Å². The number of Topliss-reactive ketones (excluding diaryl/α,β-unsaturated/α-hetero) is 1. The molecule has 1 aliphatic heterocycles. The fourth-order valence-corrected chi connectivity index (χ4v) is 2.29. The number of hydrogen-bond donors (Lipinski definition) is 1. The van der Waals surface area contributed by atoms with Crippen LogP contribution in [0.15, 0.2) is 18.2 Å². The normalized spacial score (nSPS) is 17.2. The van der Waals surface area contributed by atoms with E-state index in [1.165, 1.54) is 0 Å². The van der Waals surface area contributed by atoms with Gasteiger partial charge in [-0.2, -0.15) is 0 Å². The Kier molecular flexibility index (Phi) is 4.74. The summed E-state index contributed by atoms with van der Waals surface area (Å²) in [7, 11) is 0. The molecule has 1 atom stereocenters. The van der Waals surface area contributed by atoms with Gasteiger partial charge in [0, 0.05) is 6.04 Å². The zero-order chi connectivity index (χ0) is 16.3. The van der Waals surface area contributed by atoms with E-state index in [2.05, 4.69) is 5.32 Å². The van der Waals surface area contributed by atoms with Crippen LogP contribution in [0.2, 0.25) is 0 Å². The summed E-state index contributed by atoms with van der Waals surface area (Å²) in [6.45, 7) is 7.65. The van der Waals surface area contributed by atoms with Crippen molar-refractivity contribution in [3.05, 3.63) is 23.8 Å². The van der Waals surface area contributed by atoms with E-state index in [0.717, 1.165) is 6.42 Å². The van der Waals surface area contributed by atoms with E-state index in [-0.39, 0.29) is 24.3 Å². The monoisotopic (exact) mass is 305 g/mol. The third-order valence-electron chi connectivity index (χ3n) is 3.61. The predicted molar refractivity (Wildman–Crippen MR) is 83.5 cm³/mol. The molecule has 120 valence electrons. The fourth-order valence-electron chi connectivity index (χ4n) is 2.29. The molecular formula is C17H23NO4. The number of fused-ring (bicyclic) bond motifs is 1. The molecule has 5 nitrogen and oxygen atoms in total. The molecule has 0 radical (unpaired) electrons. The molecule has 0 saturated heterocycles. The van der Waals surface area contributed by atoms with Gasteiger partial charge >= 0.3 is 0 Å². The molecule has 1 aromatic rings. The molecule has 0 aliphatic carbocycles. The molecule has 22 heavy (non-hydrogen) atoms. The van der Waals surface area contributed by atoms with E-state index in [0.29, 0.717) is 23.5 Å². The largest absolute Gasteiger partial charge is 0.487 e. The van der Waals surface area contributed by atoms with Gasteiger partial charge in [-0.25, -0.2) is 0 Å². The number of carbonyl (C=O) groups is 2. The van der Waals surface area contributed by atoms with Gasteiger partial charge in [0.05, 0.1) is 12.0 Å². The van der Waals surface area contributed by atoms with E-state index < -0.39 is 5.60 Å². The van der Waals surface area contributed by atoms with Crippen molar-refractivity contribution in [2.24, 2.45) is 0 Å². The minimum absolute atomic E-state index is 0.0285. The second-order valence-electron chi connectivity index (χ2n) is 6.29. The van der Waals surface area contributed by atoms with Crippen molar-refractivity contribution in [3.8, 4) is 11.5 Å². The second kappa shape index (κ2) is 6.38. The van der Waals surface area contributed by atoms with E-state index in [1.807, 2.05) is 27.7 Å². The lowest BCUT2D eigenvalue weighted by molar-refractivity contribution is -0.123. The van der Waals surface area contributed by atoms with Crippen molar-refractivity contribution in [2.45, 2.75) is 52.2 Å². The van der Waals surface area contributed by atoms with Gasteiger partial charge in [0.1, 0.15) is 17.1 Å². The van der Waals surface area contributed by atoms with Crippen LogP contribution in [0, 0.1) is 0 Å². The number of carbonyl (C=O) groups excluding carboxylic acids is 2. The first kappa shape index (κ1) is 16.3. The number of rotatable bonds is 5. The topological polar surface area (TPSA) is 64.6 Å². The first-order chi connectivity index (χ1) is 10.3. The number of nitrogens with one attached hydrogen (secondary N) is 1. The van der Waals surface area contributed by atoms with Gasteiger partial charge in [-0.3, -0.25) is 9.59 Å². The Balaban J connectivity index is 2.02. The average molecular weight is 305 g/mol. The van der Waals surface area contributed by atoms with Crippen molar-refractivity contribution in [1.29, 1.82) is 0 Å². The molecule has 5 heteroatoms. The van der Waals surface area contributed by atoms with Gasteiger partial charge in [0.2, 0.25) is 0 Å². The number of hydrogen-bond acceptors (Lipinski definition) is 4. The van der Waals surface area contributed by atoms with Crippen LogP contribution in [0.3, 0.4) is 0 Å². The van der Waals surface area contributed by atoms with E-state index >= 15 is 0 Å². The summed E-state index contributed by atoms with van der Waals surface area (Å²) >= 11 is 0. The molecule has 1 unspecified atom stereocenters. The third-order valence-corrected chi connectivity index (χ3v) is 3.61. The van der Waals surface area contributed by atoms with Crippen molar-refractivity contribution in [2.75, 3.05) is 6.61 Å². The van der Waals surface area contributed by atoms with Gasteiger partial charge in [0.25, 0.3) is 5.91 Å². The summed E-state index contributed by atoms with van der Waals surface area (Å²) in [6.07, 6.45) is 1.20. The SMILES string of the molecule is CCC(C)NC(=O)COc1ccc2c(c1)C(=O)CC(C)(C)O2. The van der Waals surface area contributed by atoms with Crippen LogP contribution in [-0.4, -0.2) is 29.9 Å². The summed E-state index contributed by atoms with van der Waals surface area (Å²) in [4.78, 5) is 23.9. The average Bonchev–Trinajstić information content (AvgIpc) is 2.44. The zero-order valence-electron chi connectivity index (χ0n) is 13.6. The molecule has 0 aromatic heterocycles. The van der Waals surface area contributed by atoms with Gasteiger partial charge in [-0.1, -0.05) is 6.92 Å². The highest BCUT2D eigenvalue weighted by Gasteiger charge is 2.32. The first-order valence-electron chi connectivity index (χ1n) is 7.59. The smallest absolute Gasteiger partial charge is 0.258 e. The Labute approximate surface area is 131 Å². The zero-order valence-corrected chi connectivity index (χ0v) is 13.6. The minimum atomic E-state index is -0.483. The molecule has 0 bridgehead atoms. The maximum absolute atomic E-state index is 12.2. The Morgan fingerprint density at radius 2 is 2.18 bits per heavy atom. The summed E-state index contributed by atoms with van der Waals surface area (Å²) in [5.41, 5.74) is 0.0296. The quantitative estimate of drug-likeness (QED) is 0.908. The molecule has 1 amide bonds. The Morgan fingerprint density at radius 3 is 2.86 bits per heavy atom. The van der Waals surface area contributed by atoms with E-state index in [1.54, 1.807) is 18.2 Å². The van der Waals surface area contributed by atoms with Crippen molar-refractivity contribution in [1.82, 2.24) is 5.32 Å². The molecule has 2 rings (SSSR count). The van der Waals surface area contributed by atoms with Crippen LogP contribution < -0.4 is 14.8 Å². The Bertz CT molecular complexity index is 580. The molecule has 1 aliphatic rings. The molecule has 0 fully saturated rings. The first-order valence-corrected chi connectivity index (χ1v) is 7.59. The maximum atomic E-state index is 12.2. The number of benzene rings is 1. The van der Waals surface area contributed by atoms with Crippen LogP contribution in [0.5, 0.6) is 11.5 Å². The van der Waals surface area contributed by atoms with Gasteiger partial charge in [0.15, 0.2) is 12.4 Å². The van der Waals surface area contributed by atoms with Gasteiger partial charge in [-0.05, 0) is 45.4 Å². The van der Waals surface area contributed by atoms with Crippen LogP contribution in [0.1, 0.15) is 50.9 Å². The second-order valence-corrected chi connectivity index (χ2v) is 6.29. The van der Waals surface area contributed by atoms with Crippen molar-refractivity contribution < 1.29 is 19.1 Å². The molecule has 0 spiro atoms. The standard InChI is InChI=1S/C17H23NO4/c1-5-11(2)18-16(20)10-21-12-6-7-15-13(8-12)14(19)9-17(3,4)22-15/h6-8,11H,5,9-10H2,1-4H3,(H,18,20). The lowest BCUT2D eigenvalue weighted by atomic mass is 9.93. The lowest BCUT2D eigenvalue weighted by Gasteiger charge is -2.31. The number of ketones is 1. The van der Waals surface area contributed by atoms with Crippen LogP contribution in [0.25, 0.3) is 0 Å². The number of ether oxygens (including phenoxy) is 2. The predicted octanol–water partition coefficient (Wildman–Crippen LogP) is 2.72. The third kappa shape index (κ3) is 4.00. The molecule has 1 N–H and O–H groups in total. The van der Waals surface area contributed by atoms with Crippen LogP contribution >= 0.6 is 0 Å². The highest BCUT2D eigenvalue weighted by molar-refractivity contribution is 6.00. The minimum Gasteiger partial charge on any atom is -0.487 e. The highest BCUT2D eigenvalue weighted by atomic mass is 16.5. The molecule has 0 saturated carbocycles. The molecule has 1 aromatic carbocycles. The van der Waals surface area contributed by atoms with Crippen molar-refractivity contribution >= 4 is 11.7 Å².